The second-order valence-electron chi connectivity index (χ2n) is 5.77. The Hall–Kier alpha value is -3.93. The van der Waals surface area contributed by atoms with Crippen LogP contribution in [-0.2, 0) is 0 Å². The molecule has 0 saturated carbocycles. The standard InChI is InChI=1S/C13H10N2.C8H8N2O2/c1-2-6-10(7-3-1)13-14-11-8-4-5-9-12(11)15-13;9-7(11)5-1-2-6(4-3-5)8(10)12/h1-9H,(H,14,15);1-4H,(H2,9,11)(H2,10,12). The fourth-order valence-electron chi connectivity index (χ4n) is 2.48. The summed E-state index contributed by atoms with van der Waals surface area (Å²) in [5.74, 6) is -0.117. The zero-order valence-electron chi connectivity index (χ0n) is 14.4. The number of para-hydroxylation sites is 2. The number of nitrogens with one attached hydrogen (secondary N) is 1. The van der Waals surface area contributed by atoms with Crippen LogP contribution in [-0.4, -0.2) is 21.8 Å². The van der Waals surface area contributed by atoms with Crippen LogP contribution >= 0.6 is 0 Å². The van der Waals surface area contributed by atoms with Crippen molar-refractivity contribution in [3.63, 3.8) is 0 Å². The van der Waals surface area contributed by atoms with E-state index in [1.54, 1.807) is 0 Å². The lowest BCUT2D eigenvalue weighted by atomic mass is 10.1. The van der Waals surface area contributed by atoms with Gasteiger partial charge in [-0.25, -0.2) is 4.98 Å². The molecule has 6 nitrogen and oxygen atoms in total. The van der Waals surface area contributed by atoms with Gasteiger partial charge in [0.1, 0.15) is 5.82 Å². The van der Waals surface area contributed by atoms with E-state index in [1.807, 2.05) is 42.5 Å². The van der Waals surface area contributed by atoms with Gasteiger partial charge in [-0.2, -0.15) is 0 Å². The van der Waals surface area contributed by atoms with Gasteiger partial charge >= 0.3 is 0 Å². The van der Waals surface area contributed by atoms with Crippen LogP contribution < -0.4 is 11.5 Å². The Morgan fingerprint density at radius 3 is 1.74 bits per heavy atom. The van der Waals surface area contributed by atoms with E-state index in [-0.39, 0.29) is 0 Å². The van der Waals surface area contributed by atoms with Gasteiger partial charge in [0.15, 0.2) is 0 Å². The van der Waals surface area contributed by atoms with Gasteiger partial charge in [0, 0.05) is 16.7 Å². The largest absolute Gasteiger partial charge is 0.366 e. The van der Waals surface area contributed by atoms with Gasteiger partial charge in [0.25, 0.3) is 0 Å². The lowest BCUT2D eigenvalue weighted by Crippen LogP contribution is -2.13. The fraction of sp³-hybridized carbons (Fsp3) is 0. The number of benzene rings is 3. The van der Waals surface area contributed by atoms with E-state index >= 15 is 0 Å². The summed E-state index contributed by atoms with van der Waals surface area (Å²) in [7, 11) is 0. The van der Waals surface area contributed by atoms with Crippen LogP contribution in [0.4, 0.5) is 0 Å². The SMILES string of the molecule is NC(=O)c1ccc(C(N)=O)cc1.c1ccc(-c2nc3ccccc3[nH]2)cc1. The molecule has 4 rings (SSSR count). The second kappa shape index (κ2) is 7.97. The third kappa shape index (κ3) is 4.38. The molecule has 0 bridgehead atoms. The Labute approximate surface area is 155 Å². The number of amides is 2. The first kappa shape index (κ1) is 17.9. The molecule has 1 heterocycles. The second-order valence-corrected chi connectivity index (χ2v) is 5.77. The minimum Gasteiger partial charge on any atom is -0.366 e. The predicted octanol–water partition coefficient (Wildman–Crippen LogP) is 3.11. The minimum absolute atomic E-state index is 0.361. The van der Waals surface area contributed by atoms with Crippen LogP contribution in [0.5, 0.6) is 0 Å². The predicted molar refractivity (Wildman–Crippen MR) is 105 cm³/mol. The number of nitrogens with zero attached hydrogens (tertiary/aromatic N) is 1. The van der Waals surface area contributed by atoms with Gasteiger partial charge in [0.2, 0.25) is 11.8 Å². The molecule has 0 saturated heterocycles. The highest BCUT2D eigenvalue weighted by molar-refractivity contribution is 5.96. The van der Waals surface area contributed by atoms with E-state index in [0.29, 0.717) is 11.1 Å². The molecular weight excluding hydrogens is 340 g/mol. The summed E-state index contributed by atoms with van der Waals surface area (Å²) in [6.07, 6.45) is 0. The quantitative estimate of drug-likeness (QED) is 0.522. The van der Waals surface area contributed by atoms with E-state index < -0.39 is 11.8 Å². The maximum absolute atomic E-state index is 10.6. The third-order valence-corrected chi connectivity index (χ3v) is 3.89. The average Bonchev–Trinajstić information content (AvgIpc) is 3.13. The average molecular weight is 358 g/mol. The van der Waals surface area contributed by atoms with E-state index in [2.05, 4.69) is 22.1 Å². The maximum Gasteiger partial charge on any atom is 0.248 e. The molecule has 0 aliphatic heterocycles. The molecule has 0 fully saturated rings. The summed E-state index contributed by atoms with van der Waals surface area (Å²) in [6, 6.07) is 24.0. The molecule has 134 valence electrons. The molecule has 0 radical (unpaired) electrons. The molecule has 1 aromatic heterocycles. The van der Waals surface area contributed by atoms with Gasteiger partial charge in [-0.05, 0) is 36.4 Å². The topological polar surface area (TPSA) is 115 Å². The summed E-state index contributed by atoms with van der Waals surface area (Å²) in [5, 5.41) is 0. The summed E-state index contributed by atoms with van der Waals surface area (Å²) in [4.78, 5) is 29.0. The first-order valence-electron chi connectivity index (χ1n) is 8.24. The summed E-state index contributed by atoms with van der Waals surface area (Å²) >= 11 is 0. The number of H-pyrrole nitrogens is 1. The summed E-state index contributed by atoms with van der Waals surface area (Å²) in [5.41, 5.74) is 13.9. The van der Waals surface area contributed by atoms with Crippen molar-refractivity contribution in [2.45, 2.75) is 0 Å². The molecule has 4 aromatic rings. The summed E-state index contributed by atoms with van der Waals surface area (Å²) < 4.78 is 0. The molecule has 0 aliphatic rings. The highest BCUT2D eigenvalue weighted by Crippen LogP contribution is 2.19. The van der Waals surface area contributed by atoms with Crippen LogP contribution in [0.3, 0.4) is 0 Å². The number of aromatic amines is 1. The number of imidazole rings is 1. The van der Waals surface area contributed by atoms with Crippen molar-refractivity contribution in [3.8, 4) is 11.4 Å². The Balaban J connectivity index is 0.000000161. The van der Waals surface area contributed by atoms with Gasteiger partial charge < -0.3 is 16.5 Å². The molecule has 0 atom stereocenters. The van der Waals surface area contributed by atoms with E-state index in [0.717, 1.165) is 22.4 Å². The Morgan fingerprint density at radius 2 is 1.22 bits per heavy atom. The van der Waals surface area contributed by atoms with Gasteiger partial charge in [-0.1, -0.05) is 42.5 Å². The van der Waals surface area contributed by atoms with Crippen LogP contribution in [0.25, 0.3) is 22.4 Å². The number of carbonyl (C=O) groups is 2. The molecule has 5 N–H and O–H groups in total. The lowest BCUT2D eigenvalue weighted by Gasteiger charge is -1.96. The third-order valence-electron chi connectivity index (χ3n) is 3.89. The maximum atomic E-state index is 10.6. The number of hydrogen-bond donors (Lipinski definition) is 3. The Kier molecular flexibility index (Phi) is 5.28. The zero-order chi connectivity index (χ0) is 19.2. The molecule has 2 amide bonds. The van der Waals surface area contributed by atoms with Crippen LogP contribution in [0.2, 0.25) is 0 Å². The number of hydrogen-bond acceptors (Lipinski definition) is 3. The van der Waals surface area contributed by atoms with E-state index in [9.17, 15) is 9.59 Å². The number of fused-ring (bicyclic) bond motifs is 1. The fourth-order valence-corrected chi connectivity index (χ4v) is 2.48. The Morgan fingerprint density at radius 1 is 0.704 bits per heavy atom. The van der Waals surface area contributed by atoms with Gasteiger partial charge in [0.05, 0.1) is 11.0 Å². The molecule has 3 aromatic carbocycles. The van der Waals surface area contributed by atoms with Crippen molar-refractivity contribution in [1.29, 1.82) is 0 Å². The zero-order valence-corrected chi connectivity index (χ0v) is 14.4. The van der Waals surface area contributed by atoms with Crippen molar-refractivity contribution < 1.29 is 9.59 Å². The van der Waals surface area contributed by atoms with Crippen molar-refractivity contribution >= 4 is 22.8 Å². The van der Waals surface area contributed by atoms with Gasteiger partial charge in [-0.3, -0.25) is 9.59 Å². The highest BCUT2D eigenvalue weighted by Gasteiger charge is 2.03. The van der Waals surface area contributed by atoms with Crippen LogP contribution in [0.15, 0.2) is 78.9 Å². The smallest absolute Gasteiger partial charge is 0.248 e. The molecule has 6 heteroatoms. The number of primary amides is 2. The molecule has 0 spiro atoms. The lowest BCUT2D eigenvalue weighted by molar-refractivity contribution is 0.0988. The number of nitrogens with two attached hydrogens (primary N) is 2. The van der Waals surface area contributed by atoms with E-state index in [1.165, 1.54) is 24.3 Å². The molecule has 0 aliphatic carbocycles. The normalized spacial score (nSPS) is 10.1. The van der Waals surface area contributed by atoms with Crippen molar-refractivity contribution in [1.82, 2.24) is 9.97 Å². The van der Waals surface area contributed by atoms with Crippen molar-refractivity contribution in [2.24, 2.45) is 11.5 Å². The molecule has 27 heavy (non-hydrogen) atoms. The summed E-state index contributed by atoms with van der Waals surface area (Å²) in [6.45, 7) is 0. The Bertz CT molecular complexity index is 1000. The first-order valence-corrected chi connectivity index (χ1v) is 8.24. The van der Waals surface area contributed by atoms with Crippen molar-refractivity contribution in [3.05, 3.63) is 90.0 Å². The number of rotatable bonds is 3. The molecule has 0 unspecified atom stereocenters. The number of aromatic nitrogens is 2. The monoisotopic (exact) mass is 358 g/mol. The van der Waals surface area contributed by atoms with Crippen LogP contribution in [0.1, 0.15) is 20.7 Å². The van der Waals surface area contributed by atoms with Gasteiger partial charge in [-0.15, -0.1) is 0 Å². The highest BCUT2D eigenvalue weighted by atomic mass is 16.1. The van der Waals surface area contributed by atoms with E-state index in [4.69, 9.17) is 11.5 Å². The molecular formula is C21H18N4O2. The van der Waals surface area contributed by atoms with Crippen molar-refractivity contribution in [2.75, 3.05) is 0 Å². The number of carbonyl (C=O) groups excluding carboxylic acids is 2. The van der Waals surface area contributed by atoms with Crippen LogP contribution in [0, 0.1) is 0 Å². The first-order chi connectivity index (χ1) is 13.0. The minimum atomic E-state index is -0.522.